The second-order valence-corrected chi connectivity index (χ2v) is 5.38. The van der Waals surface area contributed by atoms with E-state index in [-0.39, 0.29) is 5.92 Å². The smallest absolute Gasteiger partial charge is 0.150 e. The number of halogens is 1. The van der Waals surface area contributed by atoms with Crippen molar-refractivity contribution in [1.29, 1.82) is 5.26 Å². The zero-order valence-corrected chi connectivity index (χ0v) is 12.3. The molecule has 98 valence electrons. The average molecular weight is 274 g/mol. The summed E-state index contributed by atoms with van der Waals surface area (Å²) in [7, 11) is 0. The summed E-state index contributed by atoms with van der Waals surface area (Å²) in [6, 6.07) is 8.26. The number of aromatic nitrogens is 2. The summed E-state index contributed by atoms with van der Waals surface area (Å²) in [5.41, 5.74) is 4.35. The van der Waals surface area contributed by atoms with E-state index in [1.807, 2.05) is 45.9 Å². The first-order valence-corrected chi connectivity index (χ1v) is 6.59. The number of nitriles is 1. The van der Waals surface area contributed by atoms with E-state index in [1.54, 1.807) is 4.68 Å². The Bertz CT molecular complexity index is 663. The normalized spacial score (nSPS) is 10.8. The van der Waals surface area contributed by atoms with E-state index in [0.717, 1.165) is 22.5 Å². The summed E-state index contributed by atoms with van der Waals surface area (Å²) < 4.78 is 1.66. The summed E-state index contributed by atoms with van der Waals surface area (Å²) in [6.45, 7) is 8.04. The van der Waals surface area contributed by atoms with Gasteiger partial charge in [-0.3, -0.25) is 0 Å². The molecule has 3 nitrogen and oxygen atoms in total. The fourth-order valence-corrected chi connectivity index (χ4v) is 2.30. The van der Waals surface area contributed by atoms with Crippen LogP contribution in [0.5, 0.6) is 0 Å². The Balaban J connectivity index is 2.70. The van der Waals surface area contributed by atoms with Gasteiger partial charge >= 0.3 is 0 Å². The molecule has 0 aliphatic heterocycles. The number of hydrogen-bond acceptors (Lipinski definition) is 2. The Morgan fingerprint density at radius 3 is 2.53 bits per heavy atom. The Morgan fingerprint density at radius 1 is 1.32 bits per heavy atom. The van der Waals surface area contributed by atoms with Crippen molar-refractivity contribution < 1.29 is 0 Å². The number of aryl methyl sites for hydroxylation is 2. The van der Waals surface area contributed by atoms with Crippen LogP contribution >= 0.6 is 11.6 Å². The molecule has 1 aromatic heterocycles. The molecule has 0 aliphatic rings. The SMILES string of the molecule is Cc1ccc(C)c(-n2nc(C(C)C)c(C#N)c2Cl)c1. The lowest BCUT2D eigenvalue weighted by Gasteiger charge is -2.08. The van der Waals surface area contributed by atoms with Crippen LogP contribution < -0.4 is 0 Å². The molecule has 0 saturated carbocycles. The maximum absolute atomic E-state index is 9.24. The van der Waals surface area contributed by atoms with Crippen molar-refractivity contribution in [2.45, 2.75) is 33.6 Å². The molecule has 0 unspecified atom stereocenters. The minimum Gasteiger partial charge on any atom is -0.220 e. The second kappa shape index (κ2) is 5.07. The van der Waals surface area contributed by atoms with Crippen molar-refractivity contribution in [3.63, 3.8) is 0 Å². The topological polar surface area (TPSA) is 41.6 Å². The van der Waals surface area contributed by atoms with Crippen molar-refractivity contribution in [1.82, 2.24) is 9.78 Å². The maximum atomic E-state index is 9.24. The first-order valence-electron chi connectivity index (χ1n) is 6.21. The van der Waals surface area contributed by atoms with Crippen molar-refractivity contribution in [2.24, 2.45) is 0 Å². The molecule has 0 amide bonds. The molecule has 1 aromatic carbocycles. The molecule has 0 spiro atoms. The van der Waals surface area contributed by atoms with E-state index < -0.39 is 0 Å². The molecule has 0 saturated heterocycles. The van der Waals surface area contributed by atoms with Gasteiger partial charge in [0.15, 0.2) is 5.15 Å². The van der Waals surface area contributed by atoms with Gasteiger partial charge < -0.3 is 0 Å². The lowest BCUT2D eigenvalue weighted by atomic mass is 10.1. The highest BCUT2D eigenvalue weighted by Crippen LogP contribution is 2.29. The largest absolute Gasteiger partial charge is 0.220 e. The van der Waals surface area contributed by atoms with E-state index in [9.17, 15) is 5.26 Å². The van der Waals surface area contributed by atoms with Gasteiger partial charge in [0.05, 0.1) is 11.4 Å². The van der Waals surface area contributed by atoms with Gasteiger partial charge in [-0.2, -0.15) is 10.4 Å². The minimum atomic E-state index is 0.165. The molecule has 2 aromatic rings. The minimum absolute atomic E-state index is 0.165. The van der Waals surface area contributed by atoms with Gasteiger partial charge in [-0.25, -0.2) is 4.68 Å². The van der Waals surface area contributed by atoms with Crippen LogP contribution in [-0.2, 0) is 0 Å². The lowest BCUT2D eigenvalue weighted by molar-refractivity contribution is 0.765. The first kappa shape index (κ1) is 13.6. The first-order chi connectivity index (χ1) is 8.95. The molecule has 0 radical (unpaired) electrons. The van der Waals surface area contributed by atoms with Crippen LogP contribution in [0, 0.1) is 25.2 Å². The third-order valence-corrected chi connectivity index (χ3v) is 3.46. The summed E-state index contributed by atoms with van der Waals surface area (Å²) >= 11 is 6.31. The van der Waals surface area contributed by atoms with Crippen LogP contribution in [0.2, 0.25) is 5.15 Å². The zero-order chi connectivity index (χ0) is 14.2. The summed E-state index contributed by atoms with van der Waals surface area (Å²) in [6.07, 6.45) is 0. The fraction of sp³-hybridized carbons (Fsp3) is 0.333. The predicted octanol–water partition coefficient (Wildman–Crippen LogP) is 4.14. The molecule has 4 heteroatoms. The Morgan fingerprint density at radius 2 is 2.00 bits per heavy atom. The van der Waals surface area contributed by atoms with Crippen LogP contribution in [0.1, 0.15) is 42.1 Å². The van der Waals surface area contributed by atoms with Crippen molar-refractivity contribution in [2.75, 3.05) is 0 Å². The van der Waals surface area contributed by atoms with Gasteiger partial charge in [-0.1, -0.05) is 37.6 Å². The van der Waals surface area contributed by atoms with Crippen LogP contribution in [0.3, 0.4) is 0 Å². The number of hydrogen-bond donors (Lipinski definition) is 0. The van der Waals surface area contributed by atoms with Crippen molar-refractivity contribution >= 4 is 11.6 Å². The monoisotopic (exact) mass is 273 g/mol. The Kier molecular flexibility index (Phi) is 3.64. The standard InChI is InChI=1S/C15H16ClN3/c1-9(2)14-12(8-17)15(16)19(18-14)13-7-10(3)5-6-11(13)4/h5-7,9H,1-4H3. The van der Waals surface area contributed by atoms with E-state index in [2.05, 4.69) is 11.2 Å². The Hall–Kier alpha value is -1.79. The number of nitrogens with zero attached hydrogens (tertiary/aromatic N) is 3. The maximum Gasteiger partial charge on any atom is 0.150 e. The van der Waals surface area contributed by atoms with Gasteiger partial charge in [0, 0.05) is 0 Å². The molecule has 0 N–H and O–H groups in total. The molecule has 19 heavy (non-hydrogen) atoms. The molecule has 0 fully saturated rings. The van der Waals surface area contributed by atoms with Crippen LogP contribution in [0.15, 0.2) is 18.2 Å². The van der Waals surface area contributed by atoms with Crippen LogP contribution in [0.4, 0.5) is 0 Å². The quantitative estimate of drug-likeness (QED) is 0.825. The number of rotatable bonds is 2. The highest BCUT2D eigenvalue weighted by molar-refractivity contribution is 6.31. The van der Waals surface area contributed by atoms with Crippen LogP contribution in [-0.4, -0.2) is 9.78 Å². The lowest BCUT2D eigenvalue weighted by Crippen LogP contribution is -2.01. The molecular formula is C15H16ClN3. The second-order valence-electron chi connectivity index (χ2n) is 5.02. The molecule has 2 rings (SSSR count). The molecule has 0 bridgehead atoms. The molecule has 0 aliphatic carbocycles. The van der Waals surface area contributed by atoms with E-state index in [1.165, 1.54) is 0 Å². The zero-order valence-electron chi connectivity index (χ0n) is 11.5. The molecular weight excluding hydrogens is 258 g/mol. The third-order valence-electron chi connectivity index (χ3n) is 3.11. The molecule has 0 atom stereocenters. The van der Waals surface area contributed by atoms with Crippen molar-refractivity contribution in [3.05, 3.63) is 45.7 Å². The highest BCUT2D eigenvalue weighted by atomic mass is 35.5. The predicted molar refractivity (Wildman–Crippen MR) is 76.9 cm³/mol. The number of benzene rings is 1. The Labute approximate surface area is 118 Å². The fourth-order valence-electron chi connectivity index (χ4n) is 2.03. The summed E-state index contributed by atoms with van der Waals surface area (Å²) in [5.74, 6) is 0.165. The van der Waals surface area contributed by atoms with Gasteiger partial charge in [0.25, 0.3) is 0 Å². The third kappa shape index (κ3) is 2.36. The van der Waals surface area contributed by atoms with E-state index in [0.29, 0.717) is 10.7 Å². The van der Waals surface area contributed by atoms with Gasteiger partial charge in [-0.15, -0.1) is 0 Å². The summed E-state index contributed by atoms with van der Waals surface area (Å²) in [5, 5.41) is 14.1. The van der Waals surface area contributed by atoms with E-state index >= 15 is 0 Å². The van der Waals surface area contributed by atoms with Gasteiger partial charge in [-0.05, 0) is 37.0 Å². The van der Waals surface area contributed by atoms with E-state index in [4.69, 9.17) is 11.6 Å². The van der Waals surface area contributed by atoms with Crippen LogP contribution in [0.25, 0.3) is 5.69 Å². The molecule has 1 heterocycles. The highest BCUT2D eigenvalue weighted by Gasteiger charge is 2.20. The average Bonchev–Trinajstić information content (AvgIpc) is 2.69. The summed E-state index contributed by atoms with van der Waals surface area (Å²) in [4.78, 5) is 0. The van der Waals surface area contributed by atoms with Crippen molar-refractivity contribution in [3.8, 4) is 11.8 Å². The van der Waals surface area contributed by atoms with Gasteiger partial charge in [0.2, 0.25) is 0 Å². The van der Waals surface area contributed by atoms with Gasteiger partial charge in [0.1, 0.15) is 11.6 Å².